The molecule has 0 unspecified atom stereocenters. The standard InChI is InChI=1S/C18H16ClN3O4/c19-14-8-13(18(24)16(9-14)22(25)26)11-20-10-12-3-5-15(6-4-12)21-7-1-2-17(21)23/h3-6,8-9,11,24H,1-2,7,10H2. The lowest BCUT2D eigenvalue weighted by atomic mass is 10.1. The molecule has 134 valence electrons. The van der Waals surface area contributed by atoms with Crippen LogP contribution in [0.15, 0.2) is 41.4 Å². The zero-order valence-electron chi connectivity index (χ0n) is 13.8. The van der Waals surface area contributed by atoms with E-state index in [9.17, 15) is 20.0 Å². The van der Waals surface area contributed by atoms with Crippen molar-refractivity contribution in [2.75, 3.05) is 11.4 Å². The van der Waals surface area contributed by atoms with Gasteiger partial charge in [-0.05, 0) is 30.2 Å². The van der Waals surface area contributed by atoms with Crippen LogP contribution in [0.5, 0.6) is 5.75 Å². The number of carbonyl (C=O) groups is 1. The summed E-state index contributed by atoms with van der Waals surface area (Å²) in [5.74, 6) is -0.333. The van der Waals surface area contributed by atoms with Crippen LogP contribution in [0.2, 0.25) is 5.02 Å². The van der Waals surface area contributed by atoms with Gasteiger partial charge in [-0.15, -0.1) is 0 Å². The molecule has 0 radical (unpaired) electrons. The fourth-order valence-corrected chi connectivity index (χ4v) is 3.02. The van der Waals surface area contributed by atoms with Crippen molar-refractivity contribution in [2.24, 2.45) is 4.99 Å². The average Bonchev–Trinajstić information content (AvgIpc) is 3.04. The zero-order chi connectivity index (χ0) is 18.7. The Bertz CT molecular complexity index is 881. The predicted molar refractivity (Wildman–Crippen MR) is 99.1 cm³/mol. The fourth-order valence-electron chi connectivity index (χ4n) is 2.79. The van der Waals surface area contributed by atoms with Gasteiger partial charge in [-0.2, -0.15) is 0 Å². The van der Waals surface area contributed by atoms with E-state index in [4.69, 9.17) is 11.6 Å². The quantitative estimate of drug-likeness (QED) is 0.491. The van der Waals surface area contributed by atoms with Gasteiger partial charge in [0.15, 0.2) is 0 Å². The molecular weight excluding hydrogens is 358 g/mol. The van der Waals surface area contributed by atoms with Crippen LogP contribution < -0.4 is 4.90 Å². The first-order chi connectivity index (χ1) is 12.5. The molecule has 0 aromatic heterocycles. The highest BCUT2D eigenvalue weighted by molar-refractivity contribution is 6.31. The van der Waals surface area contributed by atoms with E-state index >= 15 is 0 Å². The molecule has 7 nitrogen and oxygen atoms in total. The van der Waals surface area contributed by atoms with E-state index in [1.165, 1.54) is 12.3 Å². The summed E-state index contributed by atoms with van der Waals surface area (Å²) in [7, 11) is 0. The lowest BCUT2D eigenvalue weighted by molar-refractivity contribution is -0.385. The van der Waals surface area contributed by atoms with Crippen molar-refractivity contribution in [2.45, 2.75) is 19.4 Å². The highest BCUT2D eigenvalue weighted by Gasteiger charge is 2.21. The molecular formula is C18H16ClN3O4. The molecule has 1 aliphatic heterocycles. The molecule has 1 amide bonds. The van der Waals surface area contributed by atoms with Crippen molar-refractivity contribution in [1.82, 2.24) is 0 Å². The Morgan fingerprint density at radius 2 is 2.04 bits per heavy atom. The number of nitro groups is 1. The summed E-state index contributed by atoms with van der Waals surface area (Å²) in [4.78, 5) is 27.9. The number of hydrogen-bond acceptors (Lipinski definition) is 5. The van der Waals surface area contributed by atoms with E-state index in [0.717, 1.165) is 30.3 Å². The molecule has 0 bridgehead atoms. The molecule has 1 saturated heterocycles. The van der Waals surface area contributed by atoms with Gasteiger partial charge in [0.25, 0.3) is 0 Å². The zero-order valence-corrected chi connectivity index (χ0v) is 14.5. The number of carbonyl (C=O) groups excluding carboxylic acids is 1. The van der Waals surface area contributed by atoms with Crippen molar-refractivity contribution in [3.05, 3.63) is 62.7 Å². The highest BCUT2D eigenvalue weighted by Crippen LogP contribution is 2.32. The summed E-state index contributed by atoms with van der Waals surface area (Å²) in [5.41, 5.74) is 1.50. The van der Waals surface area contributed by atoms with Crippen LogP contribution in [0.1, 0.15) is 24.0 Å². The number of aliphatic imine (C=N–C) groups is 1. The van der Waals surface area contributed by atoms with Gasteiger partial charge in [0.2, 0.25) is 11.7 Å². The van der Waals surface area contributed by atoms with Crippen molar-refractivity contribution in [3.63, 3.8) is 0 Å². The van der Waals surface area contributed by atoms with Crippen LogP contribution in [-0.2, 0) is 11.3 Å². The Morgan fingerprint density at radius 1 is 1.31 bits per heavy atom. The minimum atomic E-state index is -0.697. The van der Waals surface area contributed by atoms with Crippen LogP contribution in [0, 0.1) is 10.1 Å². The van der Waals surface area contributed by atoms with Gasteiger partial charge >= 0.3 is 5.69 Å². The number of anilines is 1. The van der Waals surface area contributed by atoms with Crippen molar-refractivity contribution < 1.29 is 14.8 Å². The van der Waals surface area contributed by atoms with Gasteiger partial charge in [0.1, 0.15) is 0 Å². The molecule has 2 aromatic rings. The maximum atomic E-state index is 11.7. The first kappa shape index (κ1) is 17.9. The van der Waals surface area contributed by atoms with Crippen LogP contribution in [-0.4, -0.2) is 28.7 Å². The molecule has 0 saturated carbocycles. The maximum absolute atomic E-state index is 11.7. The molecule has 0 spiro atoms. The van der Waals surface area contributed by atoms with Crippen molar-refractivity contribution >= 4 is 35.1 Å². The van der Waals surface area contributed by atoms with Gasteiger partial charge in [-0.1, -0.05) is 23.7 Å². The molecule has 0 atom stereocenters. The summed E-state index contributed by atoms with van der Waals surface area (Å²) in [5, 5.41) is 21.0. The SMILES string of the molecule is O=C1CCCN1c1ccc(CN=Cc2cc(Cl)cc([N+](=O)[O-])c2O)cc1. The van der Waals surface area contributed by atoms with Gasteiger partial charge in [0, 0.05) is 41.5 Å². The summed E-state index contributed by atoms with van der Waals surface area (Å²) >= 11 is 5.84. The largest absolute Gasteiger partial charge is 0.502 e. The lowest BCUT2D eigenvalue weighted by Gasteiger charge is -2.15. The van der Waals surface area contributed by atoms with Gasteiger partial charge in [-0.3, -0.25) is 19.9 Å². The van der Waals surface area contributed by atoms with Crippen LogP contribution >= 0.6 is 11.6 Å². The third kappa shape index (κ3) is 3.83. The monoisotopic (exact) mass is 373 g/mol. The van der Waals surface area contributed by atoms with E-state index in [1.54, 1.807) is 4.90 Å². The number of benzene rings is 2. The molecule has 2 aromatic carbocycles. The molecule has 26 heavy (non-hydrogen) atoms. The third-order valence-electron chi connectivity index (χ3n) is 4.11. The second-order valence-corrected chi connectivity index (χ2v) is 6.34. The molecule has 1 aliphatic rings. The second-order valence-electron chi connectivity index (χ2n) is 5.91. The molecule has 3 rings (SSSR count). The first-order valence-corrected chi connectivity index (χ1v) is 8.39. The summed E-state index contributed by atoms with van der Waals surface area (Å²) in [6.07, 6.45) is 2.81. The minimum absolute atomic E-state index is 0.133. The summed E-state index contributed by atoms with van der Waals surface area (Å²) < 4.78 is 0. The van der Waals surface area contributed by atoms with E-state index in [1.807, 2.05) is 24.3 Å². The minimum Gasteiger partial charge on any atom is -0.502 e. The van der Waals surface area contributed by atoms with Crippen molar-refractivity contribution in [3.8, 4) is 5.75 Å². The van der Waals surface area contributed by atoms with Crippen LogP contribution in [0.3, 0.4) is 0 Å². The molecule has 8 heteroatoms. The van der Waals surface area contributed by atoms with Gasteiger partial charge in [0.05, 0.1) is 11.5 Å². The normalized spacial score (nSPS) is 14.3. The molecule has 1 heterocycles. The Hall–Kier alpha value is -2.93. The number of nitro benzene ring substituents is 1. The first-order valence-electron chi connectivity index (χ1n) is 8.02. The van der Waals surface area contributed by atoms with Crippen molar-refractivity contribution in [1.29, 1.82) is 0 Å². The fraction of sp³-hybridized carbons (Fsp3) is 0.222. The summed E-state index contributed by atoms with van der Waals surface area (Å²) in [6, 6.07) is 9.99. The summed E-state index contributed by atoms with van der Waals surface area (Å²) in [6.45, 7) is 1.07. The van der Waals surface area contributed by atoms with E-state index in [0.29, 0.717) is 13.0 Å². The smallest absolute Gasteiger partial charge is 0.312 e. The highest BCUT2D eigenvalue weighted by atomic mass is 35.5. The van der Waals surface area contributed by atoms with Gasteiger partial charge < -0.3 is 10.0 Å². The molecule has 1 fully saturated rings. The number of hydrogen-bond donors (Lipinski definition) is 1. The molecule has 1 N–H and O–H groups in total. The third-order valence-corrected chi connectivity index (χ3v) is 4.32. The van der Waals surface area contributed by atoms with E-state index in [2.05, 4.69) is 4.99 Å². The lowest BCUT2D eigenvalue weighted by Crippen LogP contribution is -2.23. The Morgan fingerprint density at radius 3 is 2.65 bits per heavy atom. The number of halogens is 1. The van der Waals surface area contributed by atoms with Gasteiger partial charge in [-0.25, -0.2) is 0 Å². The van der Waals surface area contributed by atoms with Crippen LogP contribution in [0.4, 0.5) is 11.4 Å². The molecule has 0 aliphatic carbocycles. The van der Waals surface area contributed by atoms with E-state index in [-0.39, 0.29) is 16.5 Å². The maximum Gasteiger partial charge on any atom is 0.312 e. The van der Waals surface area contributed by atoms with Crippen LogP contribution in [0.25, 0.3) is 0 Å². The number of nitrogens with zero attached hydrogens (tertiary/aromatic N) is 3. The number of aromatic hydroxyl groups is 1. The Kier molecular flexibility index (Phi) is 5.18. The predicted octanol–water partition coefficient (Wildman–Crippen LogP) is 3.70. The number of phenols is 1. The second kappa shape index (κ2) is 7.53. The Labute approximate surface area is 154 Å². The average molecular weight is 374 g/mol. The number of amides is 1. The topological polar surface area (TPSA) is 96.0 Å². The van der Waals surface area contributed by atoms with E-state index < -0.39 is 16.4 Å². The Balaban J connectivity index is 1.71. The number of rotatable bonds is 5. The number of phenolic OH excluding ortho intramolecular Hbond substituents is 1.